The van der Waals surface area contributed by atoms with Crippen LogP contribution in [-0.4, -0.2) is 18.8 Å². The summed E-state index contributed by atoms with van der Waals surface area (Å²) in [6, 6.07) is 5.76. The highest BCUT2D eigenvalue weighted by molar-refractivity contribution is 5.40. The highest BCUT2D eigenvalue weighted by atomic mass is 19.4. The Bertz CT molecular complexity index is 488. The topological polar surface area (TPSA) is 35.2 Å². The number of benzene rings is 1. The van der Waals surface area contributed by atoms with Crippen molar-refractivity contribution < 1.29 is 17.9 Å². The van der Waals surface area contributed by atoms with Crippen molar-refractivity contribution in [3.05, 3.63) is 35.4 Å². The highest BCUT2D eigenvalue weighted by Gasteiger charge is 2.54. The molecule has 0 spiro atoms. The van der Waals surface area contributed by atoms with Crippen LogP contribution in [-0.2, 0) is 16.3 Å². The molecule has 104 valence electrons. The molecule has 2 heterocycles. The van der Waals surface area contributed by atoms with E-state index in [1.54, 1.807) is 12.1 Å². The van der Waals surface area contributed by atoms with Gasteiger partial charge in [-0.05, 0) is 30.9 Å². The van der Waals surface area contributed by atoms with E-state index in [1.807, 2.05) is 0 Å². The molecule has 3 unspecified atom stereocenters. The van der Waals surface area contributed by atoms with Crippen molar-refractivity contribution >= 4 is 0 Å². The zero-order chi connectivity index (χ0) is 13.7. The van der Waals surface area contributed by atoms with E-state index in [-0.39, 0.29) is 18.8 Å². The quantitative estimate of drug-likeness (QED) is 0.897. The van der Waals surface area contributed by atoms with Crippen LogP contribution >= 0.6 is 0 Å². The number of alkyl halides is 3. The second kappa shape index (κ2) is 4.21. The molecule has 2 bridgehead atoms. The smallest absolute Gasteiger partial charge is 0.374 e. The Morgan fingerprint density at radius 1 is 1.26 bits per heavy atom. The summed E-state index contributed by atoms with van der Waals surface area (Å²) in [6.07, 6.45) is -2.13. The minimum Gasteiger partial charge on any atom is -0.374 e. The average Bonchev–Trinajstić information content (AvgIpc) is 2.98. The van der Waals surface area contributed by atoms with Crippen molar-refractivity contribution in [2.75, 3.05) is 6.54 Å². The summed E-state index contributed by atoms with van der Waals surface area (Å²) >= 11 is 0. The fraction of sp³-hybridized carbons (Fsp3) is 0.571. The average molecular weight is 271 g/mol. The van der Waals surface area contributed by atoms with Crippen LogP contribution in [0.15, 0.2) is 24.3 Å². The molecule has 3 rings (SSSR count). The van der Waals surface area contributed by atoms with Crippen LogP contribution in [0, 0.1) is 0 Å². The van der Waals surface area contributed by atoms with Gasteiger partial charge in [0.25, 0.3) is 0 Å². The van der Waals surface area contributed by atoms with Gasteiger partial charge < -0.3 is 10.5 Å². The van der Waals surface area contributed by atoms with Crippen molar-refractivity contribution in [3.8, 4) is 0 Å². The predicted molar refractivity (Wildman–Crippen MR) is 64.7 cm³/mol. The van der Waals surface area contributed by atoms with E-state index in [4.69, 9.17) is 10.5 Å². The molecule has 0 radical (unpaired) electrons. The molecule has 5 heteroatoms. The van der Waals surface area contributed by atoms with E-state index in [1.165, 1.54) is 6.07 Å². The van der Waals surface area contributed by atoms with Crippen LogP contribution < -0.4 is 5.73 Å². The Hall–Kier alpha value is -1.07. The first-order valence-electron chi connectivity index (χ1n) is 6.49. The van der Waals surface area contributed by atoms with Gasteiger partial charge in [0, 0.05) is 12.0 Å². The Labute approximate surface area is 109 Å². The third-order valence-corrected chi connectivity index (χ3v) is 4.45. The van der Waals surface area contributed by atoms with Gasteiger partial charge in [-0.15, -0.1) is 0 Å². The molecule has 2 aliphatic rings. The zero-order valence-corrected chi connectivity index (χ0v) is 10.4. The maximum atomic E-state index is 13.2. The molecule has 19 heavy (non-hydrogen) atoms. The van der Waals surface area contributed by atoms with Crippen LogP contribution in [0.5, 0.6) is 0 Å². The van der Waals surface area contributed by atoms with Crippen molar-refractivity contribution in [1.29, 1.82) is 0 Å². The summed E-state index contributed by atoms with van der Waals surface area (Å²) < 4.78 is 45.3. The van der Waals surface area contributed by atoms with Gasteiger partial charge in [-0.1, -0.05) is 18.2 Å². The molecule has 2 saturated heterocycles. The molecular formula is C14H16F3NO. The lowest BCUT2D eigenvalue weighted by atomic mass is 9.68. The van der Waals surface area contributed by atoms with Crippen LogP contribution in [0.4, 0.5) is 13.2 Å². The Kier molecular flexibility index (Phi) is 2.87. The van der Waals surface area contributed by atoms with Crippen molar-refractivity contribution in [2.45, 2.75) is 43.1 Å². The molecule has 1 aromatic rings. The van der Waals surface area contributed by atoms with Crippen molar-refractivity contribution in [2.24, 2.45) is 5.73 Å². The predicted octanol–water partition coefficient (Wildman–Crippen LogP) is 2.85. The standard InChI is InChI=1S/C14H16F3NO/c15-14(16,17)11-4-2-1-3-10(11)13(8-18)7-9-5-6-12(13)19-9/h1-4,9,12H,5-8,18H2. The number of rotatable bonds is 2. The van der Waals surface area contributed by atoms with Gasteiger partial charge in [0.2, 0.25) is 0 Å². The minimum absolute atomic E-state index is 0.0647. The van der Waals surface area contributed by atoms with E-state index in [9.17, 15) is 13.2 Å². The maximum absolute atomic E-state index is 13.2. The molecular weight excluding hydrogens is 255 g/mol. The summed E-state index contributed by atoms with van der Waals surface area (Å²) in [7, 11) is 0. The highest BCUT2D eigenvalue weighted by Crippen LogP contribution is 2.51. The SMILES string of the molecule is NCC1(c2ccccc2C(F)(F)F)CC2CCC1O2. The van der Waals surface area contributed by atoms with E-state index in [2.05, 4.69) is 0 Å². The first kappa shape index (κ1) is 12.9. The number of hydrogen-bond acceptors (Lipinski definition) is 2. The molecule has 0 aromatic heterocycles. The van der Waals surface area contributed by atoms with Gasteiger partial charge in [-0.3, -0.25) is 0 Å². The van der Waals surface area contributed by atoms with Gasteiger partial charge in [0.1, 0.15) is 0 Å². The van der Waals surface area contributed by atoms with E-state index in [0.29, 0.717) is 12.0 Å². The molecule has 2 nitrogen and oxygen atoms in total. The minimum atomic E-state index is -4.35. The first-order valence-corrected chi connectivity index (χ1v) is 6.49. The van der Waals surface area contributed by atoms with Crippen molar-refractivity contribution in [3.63, 3.8) is 0 Å². The maximum Gasteiger partial charge on any atom is 0.416 e. The number of ether oxygens (including phenoxy) is 1. The molecule has 2 fully saturated rings. The van der Waals surface area contributed by atoms with Crippen LogP contribution in [0.3, 0.4) is 0 Å². The summed E-state index contributed by atoms with van der Waals surface area (Å²) in [4.78, 5) is 0. The molecule has 1 aromatic carbocycles. The van der Waals surface area contributed by atoms with Gasteiger partial charge in [0.05, 0.1) is 17.8 Å². The third kappa shape index (κ3) is 1.87. The third-order valence-electron chi connectivity index (χ3n) is 4.45. The van der Waals surface area contributed by atoms with Gasteiger partial charge >= 0.3 is 6.18 Å². The molecule has 2 aliphatic heterocycles. The Balaban J connectivity index is 2.11. The zero-order valence-electron chi connectivity index (χ0n) is 10.4. The molecule has 0 saturated carbocycles. The Morgan fingerprint density at radius 3 is 2.53 bits per heavy atom. The second-order valence-electron chi connectivity index (χ2n) is 5.43. The van der Waals surface area contributed by atoms with Crippen LogP contribution in [0.2, 0.25) is 0 Å². The monoisotopic (exact) mass is 271 g/mol. The Morgan fingerprint density at radius 2 is 2.00 bits per heavy atom. The first-order chi connectivity index (χ1) is 8.97. The number of nitrogens with two attached hydrogens (primary N) is 1. The number of fused-ring (bicyclic) bond motifs is 2. The number of hydrogen-bond donors (Lipinski definition) is 1. The molecule has 2 N–H and O–H groups in total. The summed E-state index contributed by atoms with van der Waals surface area (Å²) in [6.45, 7) is 0.196. The summed E-state index contributed by atoms with van der Waals surface area (Å²) in [5, 5.41) is 0. The van der Waals surface area contributed by atoms with Crippen molar-refractivity contribution in [1.82, 2.24) is 0 Å². The largest absolute Gasteiger partial charge is 0.416 e. The van der Waals surface area contributed by atoms with Crippen LogP contribution in [0.1, 0.15) is 30.4 Å². The fourth-order valence-corrected chi connectivity index (χ4v) is 3.57. The van der Waals surface area contributed by atoms with E-state index in [0.717, 1.165) is 18.9 Å². The molecule has 3 atom stereocenters. The fourth-order valence-electron chi connectivity index (χ4n) is 3.57. The van der Waals surface area contributed by atoms with E-state index < -0.39 is 17.2 Å². The lowest BCUT2D eigenvalue weighted by Gasteiger charge is -2.36. The van der Waals surface area contributed by atoms with Gasteiger partial charge in [-0.25, -0.2) is 0 Å². The lowest BCUT2D eigenvalue weighted by molar-refractivity contribution is -0.139. The summed E-state index contributed by atoms with van der Waals surface area (Å²) in [5.41, 5.74) is 4.91. The summed E-state index contributed by atoms with van der Waals surface area (Å²) in [5.74, 6) is 0. The molecule has 0 amide bonds. The van der Waals surface area contributed by atoms with E-state index >= 15 is 0 Å². The molecule has 0 aliphatic carbocycles. The van der Waals surface area contributed by atoms with Gasteiger partial charge in [0.15, 0.2) is 0 Å². The van der Waals surface area contributed by atoms with Gasteiger partial charge in [-0.2, -0.15) is 13.2 Å². The normalized spacial score (nSPS) is 33.9. The lowest BCUT2D eigenvalue weighted by Crippen LogP contribution is -2.45. The number of halogens is 3. The second-order valence-corrected chi connectivity index (χ2v) is 5.43. The van der Waals surface area contributed by atoms with Crippen LogP contribution in [0.25, 0.3) is 0 Å².